The highest BCUT2D eigenvalue weighted by Gasteiger charge is 2.24. The van der Waals surface area contributed by atoms with E-state index in [0.29, 0.717) is 22.2 Å². The van der Waals surface area contributed by atoms with Crippen LogP contribution < -0.4 is 0 Å². The molecule has 0 saturated carbocycles. The topological polar surface area (TPSA) is 49.0 Å². The second kappa shape index (κ2) is 9.54. The van der Waals surface area contributed by atoms with Crippen LogP contribution in [-0.4, -0.2) is 40.3 Å². The third-order valence-electron chi connectivity index (χ3n) is 5.13. The standard InChI is InChI=1S/C20H25Cl2N3O/c21-18-5-4-15(11-19(18)22)12-20(26)16-6-9-25(10-7-16)8-2-1-3-17-13-23-14-24-17/h4-5,11,13-14,16H,1-3,6-10,12H2,(H,23,24). The molecule has 1 aromatic carbocycles. The molecular weight excluding hydrogens is 369 g/mol. The van der Waals surface area contributed by atoms with E-state index in [1.807, 2.05) is 12.3 Å². The SMILES string of the molecule is O=C(Cc1ccc(Cl)c(Cl)c1)C1CCN(CCCCc2cnc[nH]2)CC1. The molecule has 26 heavy (non-hydrogen) atoms. The third-order valence-corrected chi connectivity index (χ3v) is 5.87. The number of nitrogens with zero attached hydrogens (tertiary/aromatic N) is 2. The Bertz CT molecular complexity index is 710. The molecule has 0 radical (unpaired) electrons. The van der Waals surface area contributed by atoms with Gasteiger partial charge in [0.05, 0.1) is 16.4 Å². The van der Waals surface area contributed by atoms with E-state index in [0.717, 1.165) is 44.5 Å². The molecule has 0 aliphatic carbocycles. The fourth-order valence-electron chi connectivity index (χ4n) is 3.55. The summed E-state index contributed by atoms with van der Waals surface area (Å²) in [5.74, 6) is 0.494. The van der Waals surface area contributed by atoms with Crippen LogP contribution >= 0.6 is 23.2 Å². The van der Waals surface area contributed by atoms with Crippen molar-refractivity contribution in [1.82, 2.24) is 14.9 Å². The van der Waals surface area contributed by atoms with E-state index >= 15 is 0 Å². The lowest BCUT2D eigenvalue weighted by molar-refractivity contribution is -0.123. The summed E-state index contributed by atoms with van der Waals surface area (Å²) < 4.78 is 0. The first kappa shape index (κ1) is 19.4. The number of aromatic nitrogens is 2. The van der Waals surface area contributed by atoms with Crippen LogP contribution in [-0.2, 0) is 17.6 Å². The van der Waals surface area contributed by atoms with Gasteiger partial charge in [0.1, 0.15) is 5.78 Å². The molecule has 1 aliphatic rings. The highest BCUT2D eigenvalue weighted by molar-refractivity contribution is 6.42. The Balaban J connectivity index is 1.36. The van der Waals surface area contributed by atoms with E-state index < -0.39 is 0 Å². The maximum absolute atomic E-state index is 12.6. The number of rotatable bonds is 8. The number of unbranched alkanes of at least 4 members (excludes halogenated alkanes) is 1. The van der Waals surface area contributed by atoms with Crippen molar-refractivity contribution in [3.8, 4) is 0 Å². The molecule has 3 rings (SSSR count). The molecule has 1 saturated heterocycles. The minimum Gasteiger partial charge on any atom is -0.348 e. The van der Waals surface area contributed by atoms with Crippen LogP contribution in [0.25, 0.3) is 0 Å². The van der Waals surface area contributed by atoms with Crippen molar-refractivity contribution < 1.29 is 4.79 Å². The first-order valence-corrected chi connectivity index (χ1v) is 10.0. The number of Topliss-reactive ketones (excluding diaryl/α,β-unsaturated/α-hetero) is 1. The summed E-state index contributed by atoms with van der Waals surface area (Å²) in [5.41, 5.74) is 2.15. The Hall–Kier alpha value is -1.36. The monoisotopic (exact) mass is 393 g/mol. The lowest BCUT2D eigenvalue weighted by atomic mass is 9.89. The molecule has 1 aliphatic heterocycles. The van der Waals surface area contributed by atoms with Crippen LogP contribution in [0, 0.1) is 5.92 Å². The summed E-state index contributed by atoms with van der Waals surface area (Å²) in [5, 5.41) is 1.05. The van der Waals surface area contributed by atoms with Crippen molar-refractivity contribution in [3.05, 3.63) is 52.0 Å². The van der Waals surface area contributed by atoms with Crippen molar-refractivity contribution >= 4 is 29.0 Å². The van der Waals surface area contributed by atoms with Gasteiger partial charge in [0.2, 0.25) is 0 Å². The summed E-state index contributed by atoms with van der Waals surface area (Å²) in [6.45, 7) is 3.14. The summed E-state index contributed by atoms with van der Waals surface area (Å²) in [4.78, 5) is 22.2. The maximum atomic E-state index is 12.6. The van der Waals surface area contributed by atoms with Gasteiger partial charge < -0.3 is 9.88 Å². The van der Waals surface area contributed by atoms with Gasteiger partial charge in [-0.25, -0.2) is 4.98 Å². The van der Waals surface area contributed by atoms with Gasteiger partial charge in [-0.3, -0.25) is 4.79 Å². The van der Waals surface area contributed by atoms with Gasteiger partial charge in [-0.05, 0) is 69.4 Å². The van der Waals surface area contributed by atoms with Gasteiger partial charge in [-0.1, -0.05) is 29.3 Å². The van der Waals surface area contributed by atoms with Gasteiger partial charge in [-0.15, -0.1) is 0 Å². The molecule has 1 aromatic heterocycles. The van der Waals surface area contributed by atoms with Crippen LogP contribution in [0.1, 0.15) is 36.9 Å². The van der Waals surface area contributed by atoms with E-state index in [2.05, 4.69) is 14.9 Å². The smallest absolute Gasteiger partial charge is 0.140 e. The molecule has 0 bridgehead atoms. The van der Waals surface area contributed by atoms with Crippen molar-refractivity contribution in [2.75, 3.05) is 19.6 Å². The molecule has 0 unspecified atom stereocenters. The first-order chi connectivity index (χ1) is 12.6. The molecule has 1 fully saturated rings. The van der Waals surface area contributed by atoms with E-state index in [1.54, 1.807) is 18.5 Å². The largest absolute Gasteiger partial charge is 0.348 e. The third kappa shape index (κ3) is 5.57. The summed E-state index contributed by atoms with van der Waals surface area (Å²) in [6.07, 6.45) is 9.39. The number of piperidine rings is 1. The summed E-state index contributed by atoms with van der Waals surface area (Å²) >= 11 is 12.0. The number of aromatic amines is 1. The number of aryl methyl sites for hydroxylation is 1. The number of hydrogen-bond donors (Lipinski definition) is 1. The van der Waals surface area contributed by atoms with Crippen LogP contribution in [0.3, 0.4) is 0 Å². The van der Waals surface area contributed by atoms with Crippen molar-refractivity contribution in [1.29, 1.82) is 0 Å². The van der Waals surface area contributed by atoms with E-state index in [9.17, 15) is 4.79 Å². The number of ketones is 1. The molecule has 0 spiro atoms. The van der Waals surface area contributed by atoms with E-state index in [1.165, 1.54) is 18.5 Å². The first-order valence-electron chi connectivity index (χ1n) is 9.28. The minimum atomic E-state index is 0.172. The van der Waals surface area contributed by atoms with Crippen LogP contribution in [0.15, 0.2) is 30.7 Å². The average Bonchev–Trinajstić information content (AvgIpc) is 3.16. The van der Waals surface area contributed by atoms with Crippen LogP contribution in [0.4, 0.5) is 0 Å². The van der Waals surface area contributed by atoms with Crippen molar-refractivity contribution in [2.24, 2.45) is 5.92 Å². The Morgan fingerprint density at radius 2 is 2.00 bits per heavy atom. The Kier molecular flexibility index (Phi) is 7.12. The molecule has 0 amide bonds. The second-order valence-corrected chi connectivity index (χ2v) is 7.86. The zero-order valence-corrected chi connectivity index (χ0v) is 16.4. The van der Waals surface area contributed by atoms with E-state index in [4.69, 9.17) is 23.2 Å². The second-order valence-electron chi connectivity index (χ2n) is 7.04. The number of likely N-dealkylation sites (tertiary alicyclic amines) is 1. The lowest BCUT2D eigenvalue weighted by Gasteiger charge is -2.31. The zero-order valence-electron chi connectivity index (χ0n) is 14.9. The molecule has 1 N–H and O–H groups in total. The number of imidazole rings is 1. The number of carbonyl (C=O) groups is 1. The van der Waals surface area contributed by atoms with Crippen molar-refractivity contribution in [3.63, 3.8) is 0 Å². The summed E-state index contributed by atoms with van der Waals surface area (Å²) in [6, 6.07) is 5.45. The number of nitrogens with one attached hydrogen (secondary N) is 1. The number of hydrogen-bond acceptors (Lipinski definition) is 3. The van der Waals surface area contributed by atoms with Gasteiger partial charge in [0, 0.05) is 24.2 Å². The Morgan fingerprint density at radius 1 is 1.19 bits per heavy atom. The van der Waals surface area contributed by atoms with Crippen LogP contribution in [0.2, 0.25) is 10.0 Å². The van der Waals surface area contributed by atoms with Gasteiger partial charge >= 0.3 is 0 Å². The molecule has 140 valence electrons. The predicted octanol–water partition coefficient (Wildman–Crippen LogP) is 4.56. The summed E-state index contributed by atoms with van der Waals surface area (Å²) in [7, 11) is 0. The quantitative estimate of drug-likeness (QED) is 0.668. The number of carbonyl (C=O) groups excluding carboxylic acids is 1. The van der Waals surface area contributed by atoms with Gasteiger partial charge in [0.25, 0.3) is 0 Å². The maximum Gasteiger partial charge on any atom is 0.140 e. The molecular formula is C20H25Cl2N3O. The normalized spacial score (nSPS) is 16.1. The lowest BCUT2D eigenvalue weighted by Crippen LogP contribution is -2.37. The minimum absolute atomic E-state index is 0.172. The Labute approximate surface area is 164 Å². The average molecular weight is 394 g/mol. The molecule has 2 aromatic rings. The molecule has 4 nitrogen and oxygen atoms in total. The molecule has 6 heteroatoms. The fraction of sp³-hybridized carbons (Fsp3) is 0.500. The predicted molar refractivity (Wildman–Crippen MR) is 106 cm³/mol. The van der Waals surface area contributed by atoms with Crippen molar-refractivity contribution in [2.45, 2.75) is 38.5 Å². The number of benzene rings is 1. The zero-order chi connectivity index (χ0) is 18.4. The molecule has 0 atom stereocenters. The van der Waals surface area contributed by atoms with Crippen LogP contribution in [0.5, 0.6) is 0 Å². The van der Waals surface area contributed by atoms with E-state index in [-0.39, 0.29) is 5.92 Å². The number of H-pyrrole nitrogens is 1. The highest BCUT2D eigenvalue weighted by Crippen LogP contribution is 2.25. The van der Waals surface area contributed by atoms with Gasteiger partial charge in [-0.2, -0.15) is 0 Å². The van der Waals surface area contributed by atoms with Gasteiger partial charge in [0.15, 0.2) is 0 Å². The number of halogens is 2. The highest BCUT2D eigenvalue weighted by atomic mass is 35.5. The fourth-order valence-corrected chi connectivity index (χ4v) is 3.87. The Morgan fingerprint density at radius 3 is 2.69 bits per heavy atom. The molecule has 2 heterocycles.